The summed E-state index contributed by atoms with van der Waals surface area (Å²) in [6.45, 7) is 0.593. The van der Waals surface area contributed by atoms with Crippen molar-refractivity contribution in [1.29, 1.82) is 0 Å². The average Bonchev–Trinajstić information content (AvgIpc) is 2.86. The largest absolute Gasteiger partial charge is 0.396 e. The number of nitrogens with one attached hydrogen (secondary N) is 1. The molecular weight excluding hydrogens is 311 g/mol. The van der Waals surface area contributed by atoms with Crippen LogP contribution in [0.2, 0.25) is 0 Å². The van der Waals surface area contributed by atoms with Crippen LogP contribution >= 0.6 is 15.9 Å². The summed E-state index contributed by atoms with van der Waals surface area (Å²) < 4.78 is 14.2. The number of hydrogen-bond donors (Lipinski definition) is 3. The van der Waals surface area contributed by atoms with E-state index in [1.807, 2.05) is 0 Å². The second-order valence-corrected chi connectivity index (χ2v) is 5.96. The van der Waals surface area contributed by atoms with Gasteiger partial charge in [0.1, 0.15) is 5.82 Å². The Hall–Kier alpha value is -0.490. The van der Waals surface area contributed by atoms with Gasteiger partial charge in [-0.2, -0.15) is 0 Å². The standard InChI is InChI=1S/C14H20BrFN2O/c15-12-5-4-10(16)6-11(12)14(7-17)18-13-3-1-2-9(13)8-19/h4-6,9,13-14,18-19H,1-3,7-8,17H2. The number of nitrogens with two attached hydrogens (primary N) is 1. The molecule has 19 heavy (non-hydrogen) atoms. The van der Waals surface area contributed by atoms with E-state index in [0.29, 0.717) is 6.54 Å². The Morgan fingerprint density at radius 1 is 1.47 bits per heavy atom. The number of benzene rings is 1. The van der Waals surface area contributed by atoms with Crippen molar-refractivity contribution in [2.45, 2.75) is 31.3 Å². The van der Waals surface area contributed by atoms with Crippen LogP contribution in [0.1, 0.15) is 30.9 Å². The molecule has 0 bridgehead atoms. The summed E-state index contributed by atoms with van der Waals surface area (Å²) >= 11 is 3.44. The van der Waals surface area contributed by atoms with Crippen LogP contribution in [-0.2, 0) is 0 Å². The van der Waals surface area contributed by atoms with Gasteiger partial charge in [0.15, 0.2) is 0 Å². The quantitative estimate of drug-likeness (QED) is 0.776. The van der Waals surface area contributed by atoms with Crippen LogP contribution in [0.3, 0.4) is 0 Å². The zero-order valence-electron chi connectivity index (χ0n) is 10.8. The van der Waals surface area contributed by atoms with E-state index in [-0.39, 0.29) is 30.4 Å². The molecule has 0 heterocycles. The lowest BCUT2D eigenvalue weighted by molar-refractivity contribution is 0.199. The summed E-state index contributed by atoms with van der Waals surface area (Å²) in [6, 6.07) is 4.80. The maximum Gasteiger partial charge on any atom is 0.123 e. The molecular formula is C14H20BrFN2O. The molecule has 1 aliphatic carbocycles. The fraction of sp³-hybridized carbons (Fsp3) is 0.571. The monoisotopic (exact) mass is 330 g/mol. The van der Waals surface area contributed by atoms with Crippen molar-refractivity contribution in [3.8, 4) is 0 Å². The van der Waals surface area contributed by atoms with Crippen molar-refractivity contribution < 1.29 is 9.50 Å². The van der Waals surface area contributed by atoms with Gasteiger partial charge >= 0.3 is 0 Å². The van der Waals surface area contributed by atoms with E-state index in [1.54, 1.807) is 6.07 Å². The van der Waals surface area contributed by atoms with Gasteiger partial charge in [0, 0.05) is 29.7 Å². The van der Waals surface area contributed by atoms with Gasteiger partial charge in [-0.15, -0.1) is 0 Å². The Balaban J connectivity index is 2.13. The van der Waals surface area contributed by atoms with Crippen molar-refractivity contribution >= 4 is 15.9 Å². The van der Waals surface area contributed by atoms with E-state index in [0.717, 1.165) is 29.3 Å². The van der Waals surface area contributed by atoms with Crippen molar-refractivity contribution in [2.24, 2.45) is 11.7 Å². The lowest BCUT2D eigenvalue weighted by Gasteiger charge is -2.26. The topological polar surface area (TPSA) is 58.3 Å². The Bertz CT molecular complexity index is 430. The van der Waals surface area contributed by atoms with E-state index < -0.39 is 0 Å². The van der Waals surface area contributed by atoms with Crippen molar-refractivity contribution in [3.63, 3.8) is 0 Å². The van der Waals surface area contributed by atoms with Crippen LogP contribution in [0.15, 0.2) is 22.7 Å². The molecule has 4 N–H and O–H groups in total. The predicted octanol–water partition coefficient (Wildman–Crippen LogP) is 2.34. The fourth-order valence-corrected chi connectivity index (χ4v) is 3.32. The second-order valence-electron chi connectivity index (χ2n) is 5.10. The van der Waals surface area contributed by atoms with Gasteiger partial charge < -0.3 is 16.2 Å². The molecule has 106 valence electrons. The molecule has 3 atom stereocenters. The second kappa shape index (κ2) is 6.79. The first-order chi connectivity index (χ1) is 9.15. The SMILES string of the molecule is NCC(NC1CCCC1CO)c1cc(F)ccc1Br. The smallest absolute Gasteiger partial charge is 0.123 e. The molecule has 1 aliphatic rings. The highest BCUT2D eigenvalue weighted by Crippen LogP contribution is 2.29. The van der Waals surface area contributed by atoms with Gasteiger partial charge in [-0.05, 0) is 42.5 Å². The summed E-state index contributed by atoms with van der Waals surface area (Å²) in [7, 11) is 0. The van der Waals surface area contributed by atoms with Crippen LogP contribution in [0, 0.1) is 11.7 Å². The molecule has 0 amide bonds. The van der Waals surface area contributed by atoms with Crippen LogP contribution in [0.25, 0.3) is 0 Å². The van der Waals surface area contributed by atoms with Gasteiger partial charge in [-0.3, -0.25) is 0 Å². The maximum absolute atomic E-state index is 13.4. The summed E-state index contributed by atoms with van der Waals surface area (Å²) in [5, 5.41) is 12.8. The van der Waals surface area contributed by atoms with E-state index in [2.05, 4.69) is 21.2 Å². The molecule has 5 heteroatoms. The Labute approximate surface area is 121 Å². The normalized spacial score (nSPS) is 24.6. The molecule has 1 aromatic carbocycles. The van der Waals surface area contributed by atoms with Gasteiger partial charge in [-0.1, -0.05) is 22.4 Å². The highest BCUT2D eigenvalue weighted by molar-refractivity contribution is 9.10. The lowest BCUT2D eigenvalue weighted by atomic mass is 10.0. The van der Waals surface area contributed by atoms with E-state index in [1.165, 1.54) is 12.1 Å². The lowest BCUT2D eigenvalue weighted by Crippen LogP contribution is -2.40. The Kier molecular flexibility index (Phi) is 5.33. The summed E-state index contributed by atoms with van der Waals surface area (Å²) in [5.41, 5.74) is 6.66. The van der Waals surface area contributed by atoms with Crippen molar-refractivity contribution in [3.05, 3.63) is 34.1 Å². The van der Waals surface area contributed by atoms with E-state index >= 15 is 0 Å². The third-order valence-corrected chi connectivity index (χ3v) is 4.60. The van der Waals surface area contributed by atoms with E-state index in [4.69, 9.17) is 5.73 Å². The Morgan fingerprint density at radius 3 is 2.95 bits per heavy atom. The van der Waals surface area contributed by atoms with Gasteiger partial charge in [0.2, 0.25) is 0 Å². The number of halogens is 2. The molecule has 3 nitrogen and oxygen atoms in total. The first kappa shape index (κ1) is 14.9. The van der Waals surface area contributed by atoms with Crippen LogP contribution in [0.4, 0.5) is 4.39 Å². The molecule has 1 aromatic rings. The highest BCUT2D eigenvalue weighted by Gasteiger charge is 2.29. The van der Waals surface area contributed by atoms with Gasteiger partial charge in [0.25, 0.3) is 0 Å². The van der Waals surface area contributed by atoms with Gasteiger partial charge in [0.05, 0.1) is 0 Å². The van der Waals surface area contributed by atoms with Crippen LogP contribution in [-0.4, -0.2) is 24.3 Å². The predicted molar refractivity (Wildman–Crippen MR) is 77.2 cm³/mol. The summed E-state index contributed by atoms with van der Waals surface area (Å²) in [6.07, 6.45) is 3.19. The number of aliphatic hydroxyl groups is 1. The van der Waals surface area contributed by atoms with Crippen molar-refractivity contribution in [1.82, 2.24) is 5.32 Å². The molecule has 0 aromatic heterocycles. The number of rotatable bonds is 5. The molecule has 0 aliphatic heterocycles. The Morgan fingerprint density at radius 2 is 2.26 bits per heavy atom. The minimum Gasteiger partial charge on any atom is -0.396 e. The molecule has 1 fully saturated rings. The summed E-state index contributed by atoms with van der Waals surface area (Å²) in [5.74, 6) is 0.0185. The third-order valence-electron chi connectivity index (χ3n) is 3.88. The maximum atomic E-state index is 13.4. The molecule has 1 saturated carbocycles. The average molecular weight is 331 g/mol. The van der Waals surface area contributed by atoms with Crippen LogP contribution in [0.5, 0.6) is 0 Å². The zero-order chi connectivity index (χ0) is 13.8. The molecule has 0 radical (unpaired) electrons. The highest BCUT2D eigenvalue weighted by atomic mass is 79.9. The first-order valence-corrected chi connectivity index (χ1v) is 7.47. The molecule has 0 saturated heterocycles. The van der Waals surface area contributed by atoms with Crippen molar-refractivity contribution in [2.75, 3.05) is 13.2 Å². The first-order valence-electron chi connectivity index (χ1n) is 6.67. The minimum absolute atomic E-state index is 0.0952. The van der Waals surface area contributed by atoms with Gasteiger partial charge in [-0.25, -0.2) is 4.39 Å². The third kappa shape index (κ3) is 3.54. The number of hydrogen-bond acceptors (Lipinski definition) is 3. The summed E-state index contributed by atoms with van der Waals surface area (Å²) in [4.78, 5) is 0. The fourth-order valence-electron chi connectivity index (χ4n) is 2.80. The molecule has 0 spiro atoms. The molecule has 3 unspecified atom stereocenters. The van der Waals surface area contributed by atoms with E-state index in [9.17, 15) is 9.50 Å². The number of aliphatic hydroxyl groups excluding tert-OH is 1. The molecule has 2 rings (SSSR count). The minimum atomic E-state index is -0.261. The zero-order valence-corrected chi connectivity index (χ0v) is 12.4. The van der Waals surface area contributed by atoms with Crippen LogP contribution < -0.4 is 11.1 Å².